The van der Waals surface area contributed by atoms with Gasteiger partial charge in [-0.05, 0) is 75.4 Å². The molecule has 234 valence electrons. The van der Waals surface area contributed by atoms with Gasteiger partial charge in [0.15, 0.2) is 0 Å². The van der Waals surface area contributed by atoms with E-state index in [-0.39, 0.29) is 42.1 Å². The number of sulfonamides is 1. The summed E-state index contributed by atoms with van der Waals surface area (Å²) in [6, 6.07) is 7.98. The van der Waals surface area contributed by atoms with Gasteiger partial charge in [-0.2, -0.15) is 0 Å². The molecule has 1 amide bonds. The van der Waals surface area contributed by atoms with Gasteiger partial charge in [-0.3, -0.25) is 18.5 Å². The van der Waals surface area contributed by atoms with Crippen LogP contribution in [0.5, 0.6) is 0 Å². The highest BCUT2D eigenvalue weighted by Crippen LogP contribution is 2.48. The van der Waals surface area contributed by atoms with Crippen molar-refractivity contribution in [2.24, 2.45) is 0 Å². The Morgan fingerprint density at radius 3 is 2.37 bits per heavy atom. The van der Waals surface area contributed by atoms with Crippen molar-refractivity contribution < 1.29 is 40.6 Å². The van der Waals surface area contributed by atoms with Crippen LogP contribution in [0.25, 0.3) is 22.3 Å². The second-order valence-electron chi connectivity index (χ2n) is 10.9. The first-order chi connectivity index (χ1) is 20.1. The molecule has 11 nitrogen and oxygen atoms in total. The number of hydrogen-bond acceptors (Lipinski definition) is 8. The van der Waals surface area contributed by atoms with E-state index in [1.165, 1.54) is 44.9 Å². The summed E-state index contributed by atoms with van der Waals surface area (Å²) in [5.74, 6) is -1.14. The van der Waals surface area contributed by atoms with Crippen LogP contribution in [0.1, 0.15) is 55.5 Å². The maximum Gasteiger partial charge on any atom is 0.323 e. The van der Waals surface area contributed by atoms with E-state index in [2.05, 4.69) is 10.4 Å². The molecule has 2 aromatic carbocycles. The molecule has 3 aromatic rings. The quantitative estimate of drug-likeness (QED) is 0.195. The number of fused-ring (bicyclic) bond motifs is 1. The van der Waals surface area contributed by atoms with Crippen LogP contribution >= 0.6 is 7.52 Å². The van der Waals surface area contributed by atoms with Crippen molar-refractivity contribution in [1.82, 2.24) is 10.4 Å². The molecule has 2 atom stereocenters. The van der Waals surface area contributed by atoms with Gasteiger partial charge in [0, 0.05) is 30.7 Å². The third kappa shape index (κ3) is 7.83. The zero-order valence-corrected chi connectivity index (χ0v) is 26.7. The maximum absolute atomic E-state index is 13.6. The second kappa shape index (κ2) is 12.8. The SMILES string of the molecule is CNC(=O)c1c(-c2ccc(F)cc2)oc2cc(N(CCO[P@@](C)(=O)N[C@@H](C)C(=O)OC(C)C)S(C)(=O)=O)c(C3CC3)cc12. The molecule has 0 radical (unpaired) electrons. The Kier molecular flexibility index (Phi) is 9.70. The molecule has 2 N–H and O–H groups in total. The molecule has 1 aliphatic carbocycles. The van der Waals surface area contributed by atoms with E-state index in [1.54, 1.807) is 26.0 Å². The number of esters is 1. The highest BCUT2D eigenvalue weighted by molar-refractivity contribution is 7.92. The predicted octanol–water partition coefficient (Wildman–Crippen LogP) is 5.01. The van der Waals surface area contributed by atoms with Gasteiger partial charge in [0.1, 0.15) is 23.2 Å². The Morgan fingerprint density at radius 2 is 1.81 bits per heavy atom. The molecule has 1 fully saturated rings. The minimum absolute atomic E-state index is 0.0676. The third-order valence-electron chi connectivity index (χ3n) is 6.85. The van der Waals surface area contributed by atoms with Crippen LogP contribution < -0.4 is 14.7 Å². The Hall–Kier alpha value is -3.25. The average molecular weight is 638 g/mol. The number of furan rings is 1. The van der Waals surface area contributed by atoms with Crippen molar-refractivity contribution in [3.8, 4) is 11.3 Å². The van der Waals surface area contributed by atoms with Crippen LogP contribution in [-0.2, 0) is 28.6 Å². The monoisotopic (exact) mass is 637 g/mol. The number of nitrogens with zero attached hydrogens (tertiary/aromatic N) is 1. The van der Waals surface area contributed by atoms with Crippen LogP contribution in [0, 0.1) is 5.82 Å². The lowest BCUT2D eigenvalue weighted by atomic mass is 10.0. The van der Waals surface area contributed by atoms with Crippen molar-refractivity contribution in [2.45, 2.75) is 51.7 Å². The number of ether oxygens (including phenoxy) is 1. The number of halogens is 1. The number of nitrogens with one attached hydrogen (secondary N) is 2. The van der Waals surface area contributed by atoms with Crippen LogP contribution in [0.2, 0.25) is 0 Å². The number of hydrogen-bond donors (Lipinski definition) is 2. The lowest BCUT2D eigenvalue weighted by Crippen LogP contribution is -2.36. The first-order valence-electron chi connectivity index (χ1n) is 13.9. The van der Waals surface area contributed by atoms with Crippen molar-refractivity contribution in [1.29, 1.82) is 0 Å². The Morgan fingerprint density at radius 1 is 1.16 bits per heavy atom. The van der Waals surface area contributed by atoms with Gasteiger partial charge < -0.3 is 19.0 Å². The van der Waals surface area contributed by atoms with Crippen LogP contribution in [0.15, 0.2) is 40.8 Å². The number of anilines is 1. The van der Waals surface area contributed by atoms with E-state index in [0.717, 1.165) is 29.0 Å². The molecule has 1 saturated carbocycles. The van der Waals surface area contributed by atoms with Crippen LogP contribution in [0.3, 0.4) is 0 Å². The van der Waals surface area contributed by atoms with Crippen molar-refractivity contribution >= 4 is 46.1 Å². The van der Waals surface area contributed by atoms with Crippen molar-refractivity contribution in [2.75, 3.05) is 37.4 Å². The van der Waals surface area contributed by atoms with Crippen molar-refractivity contribution in [3.05, 3.63) is 53.3 Å². The van der Waals surface area contributed by atoms with Gasteiger partial charge in [0.2, 0.25) is 10.0 Å². The van der Waals surface area contributed by atoms with E-state index >= 15 is 0 Å². The van der Waals surface area contributed by atoms with Crippen LogP contribution in [-0.4, -0.2) is 65.6 Å². The summed E-state index contributed by atoms with van der Waals surface area (Å²) in [6.07, 6.45) is 2.39. The van der Waals surface area contributed by atoms with Gasteiger partial charge in [0.05, 0.1) is 36.8 Å². The van der Waals surface area contributed by atoms with E-state index in [1.807, 2.05) is 0 Å². The fourth-order valence-corrected chi connectivity index (χ4v) is 7.02. The van der Waals surface area contributed by atoms with Gasteiger partial charge in [-0.1, -0.05) is 0 Å². The summed E-state index contributed by atoms with van der Waals surface area (Å²) in [5, 5.41) is 5.76. The normalized spacial score (nSPS) is 15.7. The molecule has 1 aliphatic rings. The molecule has 0 bridgehead atoms. The number of rotatable bonds is 13. The van der Waals surface area contributed by atoms with Gasteiger partial charge >= 0.3 is 5.97 Å². The second-order valence-corrected chi connectivity index (χ2v) is 15.0. The zero-order chi connectivity index (χ0) is 31.7. The number of benzene rings is 2. The van der Waals surface area contributed by atoms with Crippen LogP contribution in [0.4, 0.5) is 10.1 Å². The predicted molar refractivity (Wildman–Crippen MR) is 162 cm³/mol. The largest absolute Gasteiger partial charge is 0.462 e. The Balaban J connectivity index is 1.68. The molecule has 4 rings (SSSR count). The number of amides is 1. The molecule has 0 spiro atoms. The van der Waals surface area contributed by atoms with Gasteiger partial charge in [0.25, 0.3) is 13.4 Å². The lowest BCUT2D eigenvalue weighted by molar-refractivity contribution is -0.149. The molecule has 1 aromatic heterocycles. The zero-order valence-electron chi connectivity index (χ0n) is 25.0. The molecular formula is C29H37FN3O8PS. The summed E-state index contributed by atoms with van der Waals surface area (Å²) < 4.78 is 70.8. The van der Waals surface area contributed by atoms with Gasteiger partial charge in [-0.15, -0.1) is 0 Å². The topological polar surface area (TPSA) is 144 Å². The summed E-state index contributed by atoms with van der Waals surface area (Å²) >= 11 is 0. The Bertz CT molecular complexity index is 1670. The minimum atomic E-state index is -3.86. The average Bonchev–Trinajstić information content (AvgIpc) is 3.69. The Labute approximate surface area is 250 Å². The summed E-state index contributed by atoms with van der Waals surface area (Å²) in [6.45, 7) is 5.78. The molecule has 14 heteroatoms. The maximum atomic E-state index is 13.6. The molecule has 0 unspecified atom stereocenters. The minimum Gasteiger partial charge on any atom is -0.462 e. The smallest absolute Gasteiger partial charge is 0.323 e. The number of carbonyl (C=O) groups excluding carboxylic acids is 2. The van der Waals surface area contributed by atoms with E-state index in [9.17, 15) is 27.0 Å². The molecule has 1 heterocycles. The summed E-state index contributed by atoms with van der Waals surface area (Å²) in [7, 11) is -5.89. The molecular weight excluding hydrogens is 600 g/mol. The van der Waals surface area contributed by atoms with E-state index in [0.29, 0.717) is 16.6 Å². The van der Waals surface area contributed by atoms with E-state index in [4.69, 9.17) is 13.7 Å². The highest BCUT2D eigenvalue weighted by atomic mass is 32.2. The molecule has 0 aliphatic heterocycles. The van der Waals surface area contributed by atoms with E-state index < -0.39 is 41.3 Å². The fraction of sp³-hybridized carbons (Fsp3) is 0.448. The third-order valence-corrected chi connectivity index (χ3v) is 9.56. The summed E-state index contributed by atoms with van der Waals surface area (Å²) in [4.78, 5) is 25.1. The fourth-order valence-electron chi connectivity index (χ4n) is 4.78. The van der Waals surface area contributed by atoms with Crippen molar-refractivity contribution in [3.63, 3.8) is 0 Å². The molecule has 43 heavy (non-hydrogen) atoms. The highest BCUT2D eigenvalue weighted by Gasteiger charge is 2.33. The summed E-state index contributed by atoms with van der Waals surface area (Å²) in [5.41, 5.74) is 2.09. The lowest BCUT2D eigenvalue weighted by Gasteiger charge is -2.26. The van der Waals surface area contributed by atoms with Gasteiger partial charge in [-0.25, -0.2) is 17.9 Å². The standard InChI is InChI=1S/C29H37FN3O8PS/c1-17(2)40-29(35)18(3)32-42(5,36)39-14-13-33(43(6,37)38)24-16-25-23(15-22(24)19-7-8-19)26(28(34)31-4)27(41-25)20-9-11-21(30)12-10-20/h9-12,15-19H,7-8,13-14H2,1-6H3,(H,31,34)(H,32,36)/t18-,42+/m0/s1. The number of carbonyl (C=O) groups is 2. The first kappa shape index (κ1) is 32.7. The molecule has 0 saturated heterocycles. The first-order valence-corrected chi connectivity index (χ1v) is 17.8.